The van der Waals surface area contributed by atoms with E-state index in [4.69, 9.17) is 0 Å². The monoisotopic (exact) mass is 436 g/mol. The van der Waals surface area contributed by atoms with Gasteiger partial charge in [0.1, 0.15) is 5.82 Å². The van der Waals surface area contributed by atoms with Crippen LogP contribution < -0.4 is 4.90 Å². The Morgan fingerprint density at radius 2 is 1.72 bits per heavy atom. The molecule has 0 bridgehead atoms. The lowest BCUT2D eigenvalue weighted by Crippen LogP contribution is -2.58. The Morgan fingerprint density at radius 1 is 1.00 bits per heavy atom. The lowest BCUT2D eigenvalue weighted by atomic mass is 9.74. The average molecular weight is 437 g/mol. The van der Waals surface area contributed by atoms with Crippen LogP contribution in [0.1, 0.15) is 62.2 Å². The topological polar surface area (TPSA) is 40.6 Å². The highest BCUT2D eigenvalue weighted by molar-refractivity contribution is 5.96. The number of Topliss-reactive ketones (excluding diaryl/α,β-unsaturated/α-hetero) is 1. The summed E-state index contributed by atoms with van der Waals surface area (Å²) in [5.41, 5.74) is 1.58. The van der Waals surface area contributed by atoms with Gasteiger partial charge in [0.25, 0.3) is 0 Å². The fraction of sp³-hybridized carbons (Fsp3) is 0.481. The van der Waals surface area contributed by atoms with Crippen molar-refractivity contribution >= 4 is 17.4 Å². The van der Waals surface area contributed by atoms with E-state index in [9.17, 15) is 14.0 Å². The van der Waals surface area contributed by atoms with E-state index in [1.54, 1.807) is 19.1 Å². The molecule has 1 aliphatic heterocycles. The van der Waals surface area contributed by atoms with Gasteiger partial charge >= 0.3 is 0 Å². The highest BCUT2D eigenvalue weighted by Crippen LogP contribution is 2.39. The second-order valence-electron chi connectivity index (χ2n) is 9.17. The van der Waals surface area contributed by atoms with Crippen LogP contribution in [0.4, 0.5) is 10.1 Å². The molecular formula is C27H33FN2O2. The standard InChI is InChI=1S/C27H33FN2O2/c1-20(31)30(23-8-3-2-4-9-23)26-17-19-29(25-11-6-5-10-24(25)26)18-7-12-27(32)21-13-15-22(28)16-14-21/h2-4,8-9,13-16,24-26H,5-7,10-12,17-19H2,1H3/t24-,25?,26+/m1/s1. The van der Waals surface area contributed by atoms with Crippen molar-refractivity contribution in [2.24, 2.45) is 5.92 Å². The molecule has 1 unspecified atom stereocenters. The summed E-state index contributed by atoms with van der Waals surface area (Å²) in [6, 6.07) is 16.6. The first-order valence-electron chi connectivity index (χ1n) is 11.9. The molecule has 2 aromatic carbocycles. The molecule has 0 spiro atoms. The number of hydrogen-bond acceptors (Lipinski definition) is 3. The second-order valence-corrected chi connectivity index (χ2v) is 9.17. The molecule has 2 fully saturated rings. The van der Waals surface area contributed by atoms with Gasteiger partial charge in [-0.05, 0) is 74.5 Å². The van der Waals surface area contributed by atoms with Gasteiger partial charge in [-0.25, -0.2) is 4.39 Å². The maximum absolute atomic E-state index is 13.1. The van der Waals surface area contributed by atoms with E-state index in [-0.39, 0.29) is 23.5 Å². The van der Waals surface area contributed by atoms with E-state index < -0.39 is 0 Å². The van der Waals surface area contributed by atoms with Crippen LogP contribution in [0.25, 0.3) is 0 Å². The SMILES string of the molecule is CC(=O)N(c1ccccc1)[C@H]1CCN(CCCC(=O)c2ccc(F)cc2)C2CCCC[C@H]21. The third kappa shape index (κ3) is 5.09. The molecule has 0 aromatic heterocycles. The number of amides is 1. The van der Waals surface area contributed by atoms with Crippen molar-refractivity contribution in [1.29, 1.82) is 0 Å². The summed E-state index contributed by atoms with van der Waals surface area (Å²) in [6.07, 6.45) is 7.00. The molecule has 5 heteroatoms. The third-order valence-corrected chi connectivity index (χ3v) is 7.18. The molecule has 1 heterocycles. The van der Waals surface area contributed by atoms with E-state index in [1.165, 1.54) is 25.0 Å². The van der Waals surface area contributed by atoms with Crippen LogP contribution in [-0.4, -0.2) is 41.8 Å². The predicted octanol–water partition coefficient (Wildman–Crippen LogP) is 5.47. The smallest absolute Gasteiger partial charge is 0.224 e. The Labute approximate surface area is 190 Å². The zero-order chi connectivity index (χ0) is 22.5. The molecule has 2 aromatic rings. The molecule has 0 N–H and O–H groups in total. The van der Waals surface area contributed by atoms with Gasteiger partial charge in [0.2, 0.25) is 5.91 Å². The molecule has 170 valence electrons. The molecule has 3 atom stereocenters. The summed E-state index contributed by atoms with van der Waals surface area (Å²) >= 11 is 0. The summed E-state index contributed by atoms with van der Waals surface area (Å²) in [4.78, 5) is 29.7. The van der Waals surface area contributed by atoms with Crippen LogP contribution >= 0.6 is 0 Å². The number of carbonyl (C=O) groups is 2. The van der Waals surface area contributed by atoms with Gasteiger partial charge in [0.05, 0.1) is 0 Å². The number of para-hydroxylation sites is 1. The lowest BCUT2D eigenvalue weighted by Gasteiger charge is -2.51. The van der Waals surface area contributed by atoms with Crippen molar-refractivity contribution in [3.8, 4) is 0 Å². The molecule has 1 saturated heterocycles. The first-order chi connectivity index (χ1) is 15.5. The largest absolute Gasteiger partial charge is 0.309 e. The Kier molecular flexibility index (Phi) is 7.36. The number of ketones is 1. The third-order valence-electron chi connectivity index (χ3n) is 7.18. The maximum atomic E-state index is 13.1. The van der Waals surface area contributed by atoms with Gasteiger partial charge in [-0.2, -0.15) is 0 Å². The normalized spacial score (nSPS) is 23.4. The van der Waals surface area contributed by atoms with Crippen LogP contribution in [-0.2, 0) is 4.79 Å². The van der Waals surface area contributed by atoms with E-state index >= 15 is 0 Å². The van der Waals surface area contributed by atoms with Crippen molar-refractivity contribution in [1.82, 2.24) is 4.90 Å². The van der Waals surface area contributed by atoms with Crippen molar-refractivity contribution in [3.05, 3.63) is 66.0 Å². The minimum Gasteiger partial charge on any atom is -0.309 e. The fourth-order valence-electron chi connectivity index (χ4n) is 5.74. The number of piperidine rings is 1. The number of rotatable bonds is 7. The Bertz CT molecular complexity index is 915. The molecule has 0 radical (unpaired) electrons. The molecule has 1 aliphatic carbocycles. The van der Waals surface area contributed by atoms with Gasteiger partial charge in [-0.15, -0.1) is 0 Å². The molecule has 1 saturated carbocycles. The van der Waals surface area contributed by atoms with E-state index in [2.05, 4.69) is 4.90 Å². The number of nitrogens with zero attached hydrogens (tertiary/aromatic N) is 2. The first kappa shape index (κ1) is 22.7. The van der Waals surface area contributed by atoms with Gasteiger partial charge in [0, 0.05) is 43.2 Å². The van der Waals surface area contributed by atoms with Crippen LogP contribution in [0.2, 0.25) is 0 Å². The van der Waals surface area contributed by atoms with Crippen LogP contribution in [0, 0.1) is 11.7 Å². The van der Waals surface area contributed by atoms with Crippen molar-refractivity contribution in [3.63, 3.8) is 0 Å². The minimum absolute atomic E-state index is 0.0758. The molecule has 2 aliphatic rings. The zero-order valence-corrected chi connectivity index (χ0v) is 18.9. The number of fused-ring (bicyclic) bond motifs is 1. The van der Waals surface area contributed by atoms with Crippen LogP contribution in [0.3, 0.4) is 0 Å². The minimum atomic E-state index is -0.317. The highest BCUT2D eigenvalue weighted by atomic mass is 19.1. The van der Waals surface area contributed by atoms with E-state index in [0.717, 1.165) is 44.5 Å². The Morgan fingerprint density at radius 3 is 2.44 bits per heavy atom. The fourth-order valence-corrected chi connectivity index (χ4v) is 5.74. The van der Waals surface area contributed by atoms with Crippen LogP contribution in [0.5, 0.6) is 0 Å². The number of carbonyl (C=O) groups excluding carboxylic acids is 2. The predicted molar refractivity (Wildman–Crippen MR) is 125 cm³/mol. The van der Waals surface area contributed by atoms with Gasteiger partial charge < -0.3 is 4.90 Å². The molecular weight excluding hydrogens is 403 g/mol. The molecule has 1 amide bonds. The molecule has 32 heavy (non-hydrogen) atoms. The highest BCUT2D eigenvalue weighted by Gasteiger charge is 2.42. The summed E-state index contributed by atoms with van der Waals surface area (Å²) in [5, 5.41) is 0. The van der Waals surface area contributed by atoms with Crippen LogP contribution in [0.15, 0.2) is 54.6 Å². The van der Waals surface area contributed by atoms with E-state index in [1.807, 2.05) is 35.2 Å². The zero-order valence-electron chi connectivity index (χ0n) is 18.9. The second kappa shape index (κ2) is 10.4. The van der Waals surface area contributed by atoms with Crippen molar-refractivity contribution in [2.45, 2.75) is 64.0 Å². The average Bonchev–Trinajstić information content (AvgIpc) is 2.81. The van der Waals surface area contributed by atoms with Crippen molar-refractivity contribution < 1.29 is 14.0 Å². The summed E-state index contributed by atoms with van der Waals surface area (Å²) in [5.74, 6) is 0.341. The quantitative estimate of drug-likeness (QED) is 0.540. The lowest BCUT2D eigenvalue weighted by molar-refractivity contribution is -0.118. The number of anilines is 1. The van der Waals surface area contributed by atoms with Gasteiger partial charge in [0.15, 0.2) is 5.78 Å². The Balaban J connectivity index is 1.40. The maximum Gasteiger partial charge on any atom is 0.224 e. The van der Waals surface area contributed by atoms with E-state index in [0.29, 0.717) is 23.9 Å². The summed E-state index contributed by atoms with van der Waals surface area (Å²) in [6.45, 7) is 3.53. The van der Waals surface area contributed by atoms with Gasteiger partial charge in [-0.3, -0.25) is 14.5 Å². The first-order valence-corrected chi connectivity index (χ1v) is 11.9. The number of benzene rings is 2. The Hall–Kier alpha value is -2.53. The summed E-state index contributed by atoms with van der Waals surface area (Å²) < 4.78 is 13.1. The van der Waals surface area contributed by atoms with Crippen molar-refractivity contribution in [2.75, 3.05) is 18.0 Å². The molecule has 4 nitrogen and oxygen atoms in total. The molecule has 4 rings (SSSR count). The number of halogens is 1. The van der Waals surface area contributed by atoms with Gasteiger partial charge in [-0.1, -0.05) is 31.0 Å². The number of likely N-dealkylation sites (tertiary alicyclic amines) is 1. The number of hydrogen-bond donors (Lipinski definition) is 0. The summed E-state index contributed by atoms with van der Waals surface area (Å²) in [7, 11) is 0.